The number of nitriles is 2. The molecule has 0 amide bonds. The van der Waals surface area contributed by atoms with E-state index < -0.39 is 21.0 Å². The van der Waals surface area contributed by atoms with E-state index in [0.717, 1.165) is 11.5 Å². The normalized spacial score (nSPS) is 31.6. The molecular weight excluding hydrogens is 395 g/mol. The van der Waals surface area contributed by atoms with Gasteiger partial charge in [0.05, 0.1) is 12.1 Å². The van der Waals surface area contributed by atoms with Crippen LogP contribution in [0.3, 0.4) is 0 Å². The number of fused-ring (bicyclic) bond motifs is 1. The molecule has 2 N–H and O–H groups in total. The Hall–Kier alpha value is -1.05. The monoisotopic (exact) mass is 410 g/mol. The first-order valence-corrected chi connectivity index (χ1v) is 10.5. The quantitative estimate of drug-likeness (QED) is 0.714. The van der Waals surface area contributed by atoms with E-state index in [1.165, 1.54) is 0 Å². The van der Waals surface area contributed by atoms with E-state index in [-0.39, 0.29) is 5.84 Å². The molecule has 3 rings (SSSR count). The summed E-state index contributed by atoms with van der Waals surface area (Å²) in [4.78, 5) is 4.64. The average Bonchev–Trinajstić information content (AvgIpc) is 3.13. The predicted molar refractivity (Wildman–Crippen MR) is 106 cm³/mol. The zero-order valence-electron chi connectivity index (χ0n) is 13.7. The Morgan fingerprint density at radius 1 is 1.16 bits per heavy atom. The zero-order valence-corrected chi connectivity index (χ0v) is 16.9. The van der Waals surface area contributed by atoms with Gasteiger partial charge in [0.15, 0.2) is 4.20 Å². The number of benzene rings is 1. The van der Waals surface area contributed by atoms with Crippen molar-refractivity contribution >= 4 is 52.6 Å². The topological polar surface area (TPSA) is 86.0 Å². The Bertz CT molecular complexity index is 818. The third-order valence-corrected chi connectivity index (χ3v) is 8.45. The Kier molecular flexibility index (Phi) is 4.71. The number of halogens is 2. The Morgan fingerprint density at radius 2 is 1.72 bits per heavy atom. The first-order chi connectivity index (χ1) is 11.9. The molecule has 1 aromatic rings. The Morgan fingerprint density at radius 3 is 2.16 bits per heavy atom. The van der Waals surface area contributed by atoms with Crippen LogP contribution in [0.25, 0.3) is 0 Å². The van der Waals surface area contributed by atoms with Crippen LogP contribution in [-0.4, -0.2) is 21.5 Å². The summed E-state index contributed by atoms with van der Waals surface area (Å²) in [7, 11) is 0. The largest absolute Gasteiger partial charge is 0.386 e. The maximum Gasteiger partial charge on any atom is 0.175 e. The van der Waals surface area contributed by atoms with Gasteiger partial charge < -0.3 is 5.73 Å². The highest BCUT2D eigenvalue weighted by atomic mass is 35.5. The molecule has 0 aromatic heterocycles. The summed E-state index contributed by atoms with van der Waals surface area (Å²) in [5.74, 6) is 1.21. The van der Waals surface area contributed by atoms with Crippen LogP contribution >= 0.6 is 46.7 Å². The lowest BCUT2D eigenvalue weighted by Gasteiger charge is -2.31. The molecule has 0 bridgehead atoms. The molecule has 1 heterocycles. The molecule has 3 atom stereocenters. The molecule has 1 aromatic carbocycles. The summed E-state index contributed by atoms with van der Waals surface area (Å²) in [6.45, 7) is 4.01. The lowest BCUT2D eigenvalue weighted by Crippen LogP contribution is -2.31. The molecule has 0 saturated heterocycles. The van der Waals surface area contributed by atoms with E-state index in [1.54, 1.807) is 41.7 Å². The van der Waals surface area contributed by atoms with E-state index in [0.29, 0.717) is 15.6 Å². The van der Waals surface area contributed by atoms with Gasteiger partial charge in [-0.15, -0.1) is 23.5 Å². The van der Waals surface area contributed by atoms with Crippen LogP contribution in [0.1, 0.15) is 25.3 Å². The molecule has 130 valence electrons. The Labute approximate surface area is 165 Å². The van der Waals surface area contributed by atoms with Gasteiger partial charge in [-0.05, 0) is 29.2 Å². The number of hydrogen-bond donors (Lipinski definition) is 1. The van der Waals surface area contributed by atoms with Crippen LogP contribution < -0.4 is 5.73 Å². The molecule has 1 fully saturated rings. The van der Waals surface area contributed by atoms with Crippen molar-refractivity contribution in [2.24, 2.45) is 21.6 Å². The summed E-state index contributed by atoms with van der Waals surface area (Å²) in [6, 6.07) is 9.93. The van der Waals surface area contributed by atoms with Gasteiger partial charge in [-0.1, -0.05) is 43.1 Å². The summed E-state index contributed by atoms with van der Waals surface area (Å²) in [5.41, 5.74) is 4.59. The summed E-state index contributed by atoms with van der Waals surface area (Å²) in [6.07, 6.45) is 0. The molecule has 1 aliphatic heterocycles. The minimum Gasteiger partial charge on any atom is -0.386 e. The second-order valence-corrected chi connectivity index (χ2v) is 9.84. The van der Waals surface area contributed by atoms with Gasteiger partial charge in [0.1, 0.15) is 16.7 Å². The molecule has 1 saturated carbocycles. The lowest BCUT2D eigenvalue weighted by molar-refractivity contribution is 0.564. The number of amidine groups is 1. The van der Waals surface area contributed by atoms with Crippen molar-refractivity contribution in [2.75, 3.05) is 11.5 Å². The van der Waals surface area contributed by atoms with Gasteiger partial charge >= 0.3 is 0 Å². The van der Waals surface area contributed by atoms with Crippen LogP contribution in [0, 0.1) is 33.5 Å². The van der Waals surface area contributed by atoms with Crippen LogP contribution in [0.15, 0.2) is 23.2 Å². The molecule has 0 spiro atoms. The van der Waals surface area contributed by atoms with Gasteiger partial charge in [0.25, 0.3) is 0 Å². The minimum atomic E-state index is -1.19. The molecular formula is C17H16Cl2N4S2. The van der Waals surface area contributed by atoms with Gasteiger partial charge in [0, 0.05) is 16.0 Å². The van der Waals surface area contributed by atoms with Crippen LogP contribution in [-0.2, 0) is 0 Å². The van der Waals surface area contributed by atoms with E-state index >= 15 is 0 Å². The highest BCUT2D eigenvalue weighted by Gasteiger charge is 2.92. The maximum atomic E-state index is 10.2. The predicted octanol–water partition coefficient (Wildman–Crippen LogP) is 4.64. The third-order valence-electron chi connectivity index (χ3n) is 4.90. The van der Waals surface area contributed by atoms with Gasteiger partial charge in [0.2, 0.25) is 0 Å². The fourth-order valence-corrected chi connectivity index (χ4v) is 7.84. The van der Waals surface area contributed by atoms with Crippen molar-refractivity contribution in [3.05, 3.63) is 33.8 Å². The molecule has 4 nitrogen and oxygen atoms in total. The van der Waals surface area contributed by atoms with Crippen LogP contribution in [0.5, 0.6) is 0 Å². The third kappa shape index (κ3) is 2.06. The van der Waals surface area contributed by atoms with Crippen molar-refractivity contribution in [3.63, 3.8) is 0 Å². The SMILES string of the molecule is CCSC1(SCC)N=C(N)C2(C#N)C(c3c(Cl)cccc3Cl)C12C#N. The Balaban J connectivity index is 2.29. The molecule has 3 unspecified atom stereocenters. The number of hydrogen-bond acceptors (Lipinski definition) is 6. The van der Waals surface area contributed by atoms with Crippen LogP contribution in [0.4, 0.5) is 0 Å². The highest BCUT2D eigenvalue weighted by molar-refractivity contribution is 8.18. The van der Waals surface area contributed by atoms with Crippen molar-refractivity contribution in [3.8, 4) is 12.1 Å². The summed E-state index contributed by atoms with van der Waals surface area (Å²) in [5, 5.41) is 21.2. The van der Waals surface area contributed by atoms with Crippen molar-refractivity contribution in [1.82, 2.24) is 0 Å². The molecule has 1 aliphatic carbocycles. The first-order valence-electron chi connectivity index (χ1n) is 7.82. The van der Waals surface area contributed by atoms with Gasteiger partial charge in [-0.25, -0.2) is 4.99 Å². The van der Waals surface area contributed by atoms with Crippen molar-refractivity contribution in [2.45, 2.75) is 24.0 Å². The number of aliphatic imine (C=N–C) groups is 1. The molecule has 2 aliphatic rings. The fraction of sp³-hybridized carbons (Fsp3) is 0.471. The number of nitrogens with zero attached hydrogens (tertiary/aromatic N) is 3. The molecule has 25 heavy (non-hydrogen) atoms. The average molecular weight is 411 g/mol. The summed E-state index contributed by atoms with van der Waals surface area (Å²) < 4.78 is -0.835. The molecule has 8 heteroatoms. The molecule has 0 radical (unpaired) electrons. The van der Waals surface area contributed by atoms with E-state index in [4.69, 9.17) is 28.9 Å². The van der Waals surface area contributed by atoms with Crippen molar-refractivity contribution in [1.29, 1.82) is 10.5 Å². The summed E-state index contributed by atoms with van der Waals surface area (Å²) >= 11 is 15.9. The number of nitrogens with two attached hydrogens (primary N) is 1. The maximum absolute atomic E-state index is 10.2. The highest BCUT2D eigenvalue weighted by Crippen LogP contribution is 2.86. The smallest absolute Gasteiger partial charge is 0.175 e. The van der Waals surface area contributed by atoms with E-state index in [9.17, 15) is 10.5 Å². The zero-order chi connectivity index (χ0) is 18.5. The second-order valence-electron chi connectivity index (χ2n) is 5.85. The number of rotatable bonds is 5. The van der Waals surface area contributed by atoms with Gasteiger partial charge in [-0.2, -0.15) is 10.5 Å². The first kappa shape index (κ1) is 18.7. The van der Waals surface area contributed by atoms with Gasteiger partial charge in [-0.3, -0.25) is 0 Å². The number of thioether (sulfide) groups is 2. The van der Waals surface area contributed by atoms with Crippen LogP contribution in [0.2, 0.25) is 10.0 Å². The lowest BCUT2D eigenvalue weighted by atomic mass is 9.97. The standard InChI is InChI=1S/C17H16Cl2N4S2/c1-3-24-17(25-4-2)16(9-21)13(15(16,8-20)14(22)23-17)12-10(18)6-5-7-11(12)19/h5-7,13H,3-4H2,1-2H3,(H2,22,23). The second kappa shape index (κ2) is 6.28. The van der Waals surface area contributed by atoms with Crippen molar-refractivity contribution < 1.29 is 0 Å². The van der Waals surface area contributed by atoms with E-state index in [2.05, 4.69) is 17.1 Å². The minimum absolute atomic E-state index is 0.208. The fourth-order valence-electron chi connectivity index (χ4n) is 3.97. The van der Waals surface area contributed by atoms with E-state index in [1.807, 2.05) is 13.8 Å².